The zero-order valence-corrected chi connectivity index (χ0v) is 11.5. The number of benzene rings is 2. The van der Waals surface area contributed by atoms with Crippen LogP contribution in [0.3, 0.4) is 0 Å². The fourth-order valence-electron chi connectivity index (χ4n) is 1.94. The highest BCUT2D eigenvalue weighted by Gasteiger charge is 2.19. The lowest BCUT2D eigenvalue weighted by atomic mass is 10.1. The van der Waals surface area contributed by atoms with E-state index < -0.39 is 28.9 Å². The van der Waals surface area contributed by atoms with Gasteiger partial charge < -0.3 is 15.3 Å². The van der Waals surface area contributed by atoms with E-state index in [-0.39, 0.29) is 0 Å². The first-order valence-electron chi connectivity index (χ1n) is 6.16. The molecule has 0 aliphatic rings. The Bertz CT molecular complexity index is 664. The molecule has 2 N–H and O–H groups in total. The number of carbonyl (C=O) groups is 1. The topological polar surface area (TPSA) is 52.6 Å². The molecule has 21 heavy (non-hydrogen) atoms. The maximum atomic E-state index is 13.7. The van der Waals surface area contributed by atoms with Crippen molar-refractivity contribution in [3.63, 3.8) is 0 Å². The molecular weight excluding hydrogens is 278 g/mol. The van der Waals surface area contributed by atoms with Gasteiger partial charge in [0.2, 0.25) is 0 Å². The molecule has 0 spiro atoms. The first-order chi connectivity index (χ1) is 9.90. The summed E-state index contributed by atoms with van der Waals surface area (Å²) in [6, 6.07) is 8.16. The second kappa shape index (κ2) is 5.78. The Labute approximate surface area is 120 Å². The van der Waals surface area contributed by atoms with Crippen LogP contribution >= 0.6 is 0 Å². The van der Waals surface area contributed by atoms with Crippen LogP contribution < -0.4 is 10.2 Å². The maximum absolute atomic E-state index is 13.7. The van der Waals surface area contributed by atoms with Gasteiger partial charge in [-0.25, -0.2) is 8.78 Å². The summed E-state index contributed by atoms with van der Waals surface area (Å²) in [7, 11) is 3.59. The molecule has 0 unspecified atom stereocenters. The van der Waals surface area contributed by atoms with Gasteiger partial charge in [-0.3, -0.25) is 4.79 Å². The predicted octanol–water partition coefficient (Wildman–Crippen LogP) is 2.99. The number of carbonyl (C=O) groups excluding carboxylic acids is 1. The zero-order valence-electron chi connectivity index (χ0n) is 11.5. The Kier molecular flexibility index (Phi) is 4.07. The molecule has 0 aliphatic heterocycles. The molecule has 0 aromatic heterocycles. The van der Waals surface area contributed by atoms with Crippen LogP contribution in [0.2, 0.25) is 0 Å². The van der Waals surface area contributed by atoms with Crippen molar-refractivity contribution >= 4 is 17.3 Å². The Balaban J connectivity index is 2.36. The predicted molar refractivity (Wildman–Crippen MR) is 76.7 cm³/mol. The molecule has 0 atom stereocenters. The number of halogens is 2. The quantitative estimate of drug-likeness (QED) is 0.914. The SMILES string of the molecule is CN(C)c1ccccc1NC(=O)c1c(O)cc(F)cc1F. The van der Waals surface area contributed by atoms with Gasteiger partial charge in [-0.2, -0.15) is 0 Å². The number of amides is 1. The van der Waals surface area contributed by atoms with Gasteiger partial charge in [-0.15, -0.1) is 0 Å². The number of phenols is 1. The van der Waals surface area contributed by atoms with Gasteiger partial charge >= 0.3 is 0 Å². The highest BCUT2D eigenvalue weighted by atomic mass is 19.1. The summed E-state index contributed by atoms with van der Waals surface area (Å²) in [4.78, 5) is 13.9. The van der Waals surface area contributed by atoms with E-state index in [1.165, 1.54) is 0 Å². The summed E-state index contributed by atoms with van der Waals surface area (Å²) < 4.78 is 26.6. The highest BCUT2D eigenvalue weighted by molar-refractivity contribution is 6.07. The van der Waals surface area contributed by atoms with Gasteiger partial charge in [0, 0.05) is 26.2 Å². The van der Waals surface area contributed by atoms with Gasteiger partial charge in [0.05, 0.1) is 11.4 Å². The smallest absolute Gasteiger partial charge is 0.262 e. The van der Waals surface area contributed by atoms with E-state index in [2.05, 4.69) is 5.32 Å². The van der Waals surface area contributed by atoms with Crippen molar-refractivity contribution in [2.75, 3.05) is 24.3 Å². The van der Waals surface area contributed by atoms with Crippen LogP contribution in [0.4, 0.5) is 20.2 Å². The van der Waals surface area contributed by atoms with Crippen LogP contribution in [0.25, 0.3) is 0 Å². The fourth-order valence-corrected chi connectivity index (χ4v) is 1.94. The van der Waals surface area contributed by atoms with Crippen molar-refractivity contribution in [1.29, 1.82) is 0 Å². The van der Waals surface area contributed by atoms with Crippen LogP contribution in [0.5, 0.6) is 5.75 Å². The molecule has 0 saturated heterocycles. The molecule has 0 heterocycles. The lowest BCUT2D eigenvalue weighted by Crippen LogP contribution is -2.18. The van der Waals surface area contributed by atoms with E-state index in [1.54, 1.807) is 43.3 Å². The van der Waals surface area contributed by atoms with Gasteiger partial charge in [-0.05, 0) is 12.1 Å². The average molecular weight is 292 g/mol. The molecule has 4 nitrogen and oxygen atoms in total. The number of hydrogen-bond donors (Lipinski definition) is 2. The first-order valence-corrected chi connectivity index (χ1v) is 6.16. The molecule has 2 aromatic carbocycles. The number of rotatable bonds is 3. The molecule has 110 valence electrons. The maximum Gasteiger partial charge on any atom is 0.262 e. The van der Waals surface area contributed by atoms with Crippen LogP contribution in [0.15, 0.2) is 36.4 Å². The Morgan fingerprint density at radius 2 is 1.86 bits per heavy atom. The summed E-state index contributed by atoms with van der Waals surface area (Å²) in [5.41, 5.74) is 0.577. The summed E-state index contributed by atoms with van der Waals surface area (Å²) >= 11 is 0. The van der Waals surface area contributed by atoms with Crippen LogP contribution in [0, 0.1) is 11.6 Å². The Hall–Kier alpha value is -2.63. The van der Waals surface area contributed by atoms with E-state index in [0.717, 1.165) is 0 Å². The second-order valence-electron chi connectivity index (χ2n) is 4.65. The number of nitrogens with zero attached hydrogens (tertiary/aromatic N) is 1. The number of aromatic hydroxyl groups is 1. The molecule has 2 rings (SSSR count). The van der Waals surface area contributed by atoms with Gasteiger partial charge in [0.25, 0.3) is 5.91 Å². The van der Waals surface area contributed by atoms with Crippen LogP contribution in [0.1, 0.15) is 10.4 Å². The lowest BCUT2D eigenvalue weighted by molar-refractivity contribution is 0.102. The van der Waals surface area contributed by atoms with E-state index >= 15 is 0 Å². The molecule has 6 heteroatoms. The normalized spacial score (nSPS) is 10.3. The highest BCUT2D eigenvalue weighted by Crippen LogP contribution is 2.27. The number of nitrogens with one attached hydrogen (secondary N) is 1. The van der Waals surface area contributed by atoms with Crippen molar-refractivity contribution in [2.24, 2.45) is 0 Å². The summed E-state index contributed by atoms with van der Waals surface area (Å²) in [5, 5.41) is 12.1. The third-order valence-corrected chi connectivity index (χ3v) is 2.90. The number of hydrogen-bond acceptors (Lipinski definition) is 3. The average Bonchev–Trinajstić information content (AvgIpc) is 2.37. The van der Waals surface area contributed by atoms with Gasteiger partial charge in [0.1, 0.15) is 22.9 Å². The molecule has 2 aromatic rings. The largest absolute Gasteiger partial charge is 0.507 e. The molecule has 0 saturated carbocycles. The molecule has 0 aliphatic carbocycles. The molecule has 1 amide bonds. The molecule has 0 bridgehead atoms. The molecule has 0 fully saturated rings. The summed E-state index contributed by atoms with van der Waals surface area (Å²) in [5.74, 6) is -3.66. The first kappa shape index (κ1) is 14.8. The van der Waals surface area contributed by atoms with E-state index in [4.69, 9.17) is 0 Å². The van der Waals surface area contributed by atoms with Crippen LogP contribution in [-0.4, -0.2) is 25.1 Å². The minimum atomic E-state index is -1.12. The minimum Gasteiger partial charge on any atom is -0.507 e. The second-order valence-corrected chi connectivity index (χ2v) is 4.65. The van der Waals surface area contributed by atoms with E-state index in [1.807, 2.05) is 0 Å². The standard InChI is InChI=1S/C15H14F2N2O2/c1-19(2)12-6-4-3-5-11(12)18-15(21)14-10(17)7-9(16)8-13(14)20/h3-8,20H,1-2H3,(H,18,21). The van der Waals surface area contributed by atoms with Crippen molar-refractivity contribution in [3.8, 4) is 5.75 Å². The van der Waals surface area contributed by atoms with E-state index in [0.29, 0.717) is 23.5 Å². The summed E-state index contributed by atoms with van der Waals surface area (Å²) in [6.07, 6.45) is 0. The number of anilines is 2. The van der Waals surface area contributed by atoms with Crippen molar-refractivity contribution in [1.82, 2.24) is 0 Å². The lowest BCUT2D eigenvalue weighted by Gasteiger charge is -2.18. The minimum absolute atomic E-state index is 0.454. The van der Waals surface area contributed by atoms with Gasteiger partial charge in [0.15, 0.2) is 0 Å². The number of phenolic OH excluding ortho intramolecular Hbond substituents is 1. The Morgan fingerprint density at radius 1 is 1.19 bits per heavy atom. The van der Waals surface area contributed by atoms with Gasteiger partial charge in [-0.1, -0.05) is 12.1 Å². The Morgan fingerprint density at radius 3 is 2.48 bits per heavy atom. The molecule has 0 radical (unpaired) electrons. The summed E-state index contributed by atoms with van der Waals surface area (Å²) in [6.45, 7) is 0. The number of para-hydroxylation sites is 2. The van der Waals surface area contributed by atoms with Crippen molar-refractivity contribution in [3.05, 3.63) is 53.6 Å². The monoisotopic (exact) mass is 292 g/mol. The van der Waals surface area contributed by atoms with Crippen molar-refractivity contribution in [2.45, 2.75) is 0 Å². The third-order valence-electron chi connectivity index (χ3n) is 2.90. The molecular formula is C15H14F2N2O2. The van der Waals surface area contributed by atoms with E-state index in [9.17, 15) is 18.7 Å². The van der Waals surface area contributed by atoms with Crippen molar-refractivity contribution < 1.29 is 18.7 Å². The third kappa shape index (κ3) is 3.10. The van der Waals surface area contributed by atoms with Crippen LogP contribution in [-0.2, 0) is 0 Å². The fraction of sp³-hybridized carbons (Fsp3) is 0.133. The zero-order chi connectivity index (χ0) is 15.6.